The van der Waals surface area contributed by atoms with Crippen LogP contribution >= 0.6 is 11.3 Å². The minimum Gasteiger partial charge on any atom is -0.344 e. The third-order valence-corrected chi connectivity index (χ3v) is 4.76. The van der Waals surface area contributed by atoms with Crippen LogP contribution in [-0.2, 0) is 4.79 Å². The molecule has 1 heterocycles. The first-order chi connectivity index (χ1) is 10.3. The minimum atomic E-state index is -0.0379. The average molecular weight is 297 g/mol. The van der Waals surface area contributed by atoms with Gasteiger partial charge in [0.05, 0.1) is 6.04 Å². The number of hydrogen-bond donors (Lipinski definition) is 1. The van der Waals surface area contributed by atoms with Crippen LogP contribution < -0.4 is 5.32 Å². The first kappa shape index (κ1) is 14.1. The number of hydrogen-bond acceptors (Lipinski definition) is 2. The smallest absolute Gasteiger partial charge is 0.221 e. The maximum absolute atomic E-state index is 12.3. The van der Waals surface area contributed by atoms with Crippen LogP contribution in [0.15, 0.2) is 60.0 Å². The Hall–Kier alpha value is -1.87. The lowest BCUT2D eigenvalue weighted by molar-refractivity contribution is -0.122. The molecule has 1 aromatic carbocycles. The van der Waals surface area contributed by atoms with E-state index in [4.69, 9.17) is 0 Å². The largest absolute Gasteiger partial charge is 0.344 e. The van der Waals surface area contributed by atoms with Gasteiger partial charge >= 0.3 is 0 Å². The topological polar surface area (TPSA) is 29.1 Å². The Morgan fingerprint density at radius 2 is 2.10 bits per heavy atom. The van der Waals surface area contributed by atoms with E-state index in [1.807, 2.05) is 24.3 Å². The Morgan fingerprint density at radius 3 is 2.76 bits per heavy atom. The summed E-state index contributed by atoms with van der Waals surface area (Å²) in [6.45, 7) is 0. The van der Waals surface area contributed by atoms with Crippen molar-refractivity contribution < 1.29 is 4.79 Å². The van der Waals surface area contributed by atoms with Crippen molar-refractivity contribution in [3.63, 3.8) is 0 Å². The molecule has 2 atom stereocenters. The van der Waals surface area contributed by atoms with Gasteiger partial charge in [-0.25, -0.2) is 0 Å². The van der Waals surface area contributed by atoms with Gasteiger partial charge in [0.25, 0.3) is 0 Å². The van der Waals surface area contributed by atoms with Gasteiger partial charge < -0.3 is 5.32 Å². The summed E-state index contributed by atoms with van der Waals surface area (Å²) in [6.07, 6.45) is 7.13. The van der Waals surface area contributed by atoms with E-state index in [0.717, 1.165) is 18.4 Å². The number of nitrogens with one attached hydrogen (secondary N) is 1. The van der Waals surface area contributed by atoms with Crippen molar-refractivity contribution in [3.8, 4) is 0 Å². The van der Waals surface area contributed by atoms with Crippen molar-refractivity contribution in [2.24, 2.45) is 5.92 Å². The summed E-state index contributed by atoms with van der Waals surface area (Å²) in [5.74, 6) is 0.540. The van der Waals surface area contributed by atoms with Gasteiger partial charge in [0.2, 0.25) is 5.91 Å². The number of carbonyl (C=O) groups excluding carboxylic acids is 1. The van der Waals surface area contributed by atoms with Crippen LogP contribution in [0.25, 0.3) is 0 Å². The van der Waals surface area contributed by atoms with Gasteiger partial charge in [-0.05, 0) is 35.8 Å². The van der Waals surface area contributed by atoms with Gasteiger partial charge in [0.15, 0.2) is 0 Å². The summed E-state index contributed by atoms with van der Waals surface area (Å²) < 4.78 is 0. The highest BCUT2D eigenvalue weighted by Crippen LogP contribution is 2.27. The molecule has 3 rings (SSSR count). The Morgan fingerprint density at radius 1 is 1.24 bits per heavy atom. The van der Waals surface area contributed by atoms with Gasteiger partial charge in [-0.2, -0.15) is 0 Å². The number of carbonyl (C=O) groups is 1. The molecule has 21 heavy (non-hydrogen) atoms. The minimum absolute atomic E-state index is 0.0379. The van der Waals surface area contributed by atoms with Gasteiger partial charge in [-0.1, -0.05) is 48.6 Å². The highest BCUT2D eigenvalue weighted by Gasteiger charge is 2.20. The quantitative estimate of drug-likeness (QED) is 0.819. The third kappa shape index (κ3) is 3.61. The first-order valence-electron chi connectivity index (χ1n) is 7.37. The summed E-state index contributed by atoms with van der Waals surface area (Å²) in [7, 11) is 0. The zero-order chi connectivity index (χ0) is 14.5. The average Bonchev–Trinajstić information content (AvgIpc) is 3.19. The van der Waals surface area contributed by atoms with Gasteiger partial charge in [-0.15, -0.1) is 11.3 Å². The van der Waals surface area contributed by atoms with Gasteiger partial charge in [0.1, 0.15) is 0 Å². The molecule has 0 radical (unpaired) electrons. The molecule has 0 aliphatic heterocycles. The van der Waals surface area contributed by atoms with Crippen LogP contribution in [-0.4, -0.2) is 5.91 Å². The molecular weight excluding hydrogens is 278 g/mol. The van der Waals surface area contributed by atoms with Crippen molar-refractivity contribution >= 4 is 17.2 Å². The summed E-state index contributed by atoms with van der Waals surface area (Å²) in [5.41, 5.74) is 1.13. The van der Waals surface area contributed by atoms with E-state index < -0.39 is 0 Å². The lowest BCUT2D eigenvalue weighted by Crippen LogP contribution is -2.29. The molecule has 1 aliphatic carbocycles. The molecule has 2 aromatic rings. The highest BCUT2D eigenvalue weighted by molar-refractivity contribution is 7.10. The maximum Gasteiger partial charge on any atom is 0.221 e. The molecule has 0 fully saturated rings. The lowest BCUT2D eigenvalue weighted by atomic mass is 10.0. The van der Waals surface area contributed by atoms with Crippen LogP contribution in [0.4, 0.5) is 0 Å². The van der Waals surface area contributed by atoms with Crippen LogP contribution in [0.2, 0.25) is 0 Å². The molecule has 0 spiro atoms. The zero-order valence-electron chi connectivity index (χ0n) is 11.9. The Kier molecular flexibility index (Phi) is 4.51. The standard InChI is InChI=1S/C18H19NOS/c20-17(13-14-7-4-5-8-14)19-18(16-11-6-12-21-16)15-9-2-1-3-10-15/h1-4,6-7,9-12,14,18H,5,8,13H2,(H,19,20). The second kappa shape index (κ2) is 6.72. The molecule has 0 saturated heterocycles. The van der Waals surface area contributed by atoms with Crippen molar-refractivity contribution in [1.82, 2.24) is 5.32 Å². The van der Waals surface area contributed by atoms with E-state index in [-0.39, 0.29) is 11.9 Å². The van der Waals surface area contributed by atoms with E-state index in [1.165, 1.54) is 4.88 Å². The molecular formula is C18H19NOS. The summed E-state index contributed by atoms with van der Waals surface area (Å²) in [4.78, 5) is 13.5. The highest BCUT2D eigenvalue weighted by atomic mass is 32.1. The van der Waals surface area contributed by atoms with Crippen LogP contribution in [0.5, 0.6) is 0 Å². The molecule has 3 heteroatoms. The fraction of sp³-hybridized carbons (Fsp3) is 0.278. The summed E-state index contributed by atoms with van der Waals surface area (Å²) in [5, 5.41) is 5.25. The van der Waals surface area contributed by atoms with Crippen LogP contribution in [0.3, 0.4) is 0 Å². The Balaban J connectivity index is 1.73. The fourth-order valence-corrected chi connectivity index (χ4v) is 3.55. The number of benzene rings is 1. The molecule has 0 saturated carbocycles. The van der Waals surface area contributed by atoms with E-state index >= 15 is 0 Å². The monoisotopic (exact) mass is 297 g/mol. The van der Waals surface area contributed by atoms with Crippen molar-refractivity contribution in [2.75, 3.05) is 0 Å². The van der Waals surface area contributed by atoms with Gasteiger partial charge in [0, 0.05) is 11.3 Å². The Labute approximate surface area is 129 Å². The van der Waals surface area contributed by atoms with Crippen LogP contribution in [0, 0.1) is 5.92 Å². The summed E-state index contributed by atoms with van der Waals surface area (Å²) >= 11 is 1.68. The third-order valence-electron chi connectivity index (χ3n) is 3.83. The van der Waals surface area contributed by atoms with E-state index in [2.05, 4.69) is 41.0 Å². The molecule has 1 aliphatic rings. The predicted molar refractivity (Wildman–Crippen MR) is 87.2 cm³/mol. The van der Waals surface area contributed by atoms with Crippen molar-refractivity contribution in [1.29, 1.82) is 0 Å². The van der Waals surface area contributed by atoms with E-state index in [0.29, 0.717) is 12.3 Å². The zero-order valence-corrected chi connectivity index (χ0v) is 12.7. The first-order valence-corrected chi connectivity index (χ1v) is 8.25. The van der Waals surface area contributed by atoms with E-state index in [9.17, 15) is 4.79 Å². The van der Waals surface area contributed by atoms with E-state index in [1.54, 1.807) is 11.3 Å². The molecule has 1 N–H and O–H groups in total. The predicted octanol–water partition coefficient (Wildman–Crippen LogP) is 4.31. The fourth-order valence-electron chi connectivity index (χ4n) is 2.74. The summed E-state index contributed by atoms with van der Waals surface area (Å²) in [6, 6.07) is 14.2. The van der Waals surface area contributed by atoms with Gasteiger partial charge in [-0.3, -0.25) is 4.79 Å². The van der Waals surface area contributed by atoms with Crippen molar-refractivity contribution in [3.05, 3.63) is 70.4 Å². The molecule has 2 nitrogen and oxygen atoms in total. The second-order valence-corrected chi connectivity index (χ2v) is 6.38. The molecule has 2 unspecified atom stereocenters. The van der Waals surface area contributed by atoms with Crippen molar-refractivity contribution in [2.45, 2.75) is 25.3 Å². The molecule has 1 amide bonds. The number of rotatable bonds is 5. The number of thiophene rings is 1. The normalized spacial score (nSPS) is 18.6. The molecule has 1 aromatic heterocycles. The van der Waals surface area contributed by atoms with Crippen LogP contribution in [0.1, 0.15) is 35.7 Å². The number of allylic oxidation sites excluding steroid dienone is 2. The molecule has 108 valence electrons. The maximum atomic E-state index is 12.3. The Bertz CT molecular complexity index is 603. The lowest BCUT2D eigenvalue weighted by Gasteiger charge is -2.19. The number of amides is 1. The molecule has 0 bridgehead atoms. The second-order valence-electron chi connectivity index (χ2n) is 5.40. The SMILES string of the molecule is O=C(CC1C=CCC1)NC(c1ccccc1)c1cccs1.